The van der Waals surface area contributed by atoms with Crippen molar-refractivity contribution in [3.63, 3.8) is 0 Å². The van der Waals surface area contributed by atoms with E-state index in [-0.39, 0.29) is 22.7 Å². The van der Waals surface area contributed by atoms with E-state index in [9.17, 15) is 13.2 Å². The van der Waals surface area contributed by atoms with E-state index in [0.29, 0.717) is 47.9 Å². The minimum atomic E-state index is -3.70. The molecular weight excluding hydrogens is 621 g/mol. The smallest absolute Gasteiger partial charge is 0.335 e. The largest absolute Gasteiger partial charge is 0.493 e. The Morgan fingerprint density at radius 2 is 2.00 bits per heavy atom. The fraction of sp³-hybridized carbons (Fsp3) is 0.480. The molecule has 6 rings (SSSR count). The number of likely N-dealkylation sites (tertiary alicyclic amines) is 1. The number of nitrogens with one attached hydrogen (secondary N) is 1. The zero-order chi connectivity index (χ0) is 26.8. The van der Waals surface area contributed by atoms with Crippen molar-refractivity contribution in [3.8, 4) is 17.0 Å². The summed E-state index contributed by atoms with van der Waals surface area (Å²) in [5, 5.41) is 8.16. The molecule has 2 aliphatic rings. The molecule has 3 aromatic heterocycles. The predicted octanol–water partition coefficient (Wildman–Crippen LogP) is 2.92. The van der Waals surface area contributed by atoms with E-state index in [1.54, 1.807) is 27.1 Å². The minimum absolute atomic E-state index is 0.00705. The number of hydrogen-bond acceptors (Lipinski definition) is 7. The Balaban J connectivity index is 1.54. The summed E-state index contributed by atoms with van der Waals surface area (Å²) < 4.78 is 39.3. The van der Waals surface area contributed by atoms with E-state index in [4.69, 9.17) is 4.74 Å². The molecule has 5 heterocycles. The molecule has 2 fully saturated rings. The number of ether oxygens (including phenoxy) is 1. The molecule has 0 unspecified atom stereocenters. The molecule has 2 saturated heterocycles. The highest BCUT2D eigenvalue weighted by atomic mass is 127. The summed E-state index contributed by atoms with van der Waals surface area (Å²) >= 11 is 2.22. The standard InChI is InChI=1S/C25H30IN7O4S/c1-4-8-31-23-20(26)21(28-22(23)24-29-27-14-32(24)25(31)34)18-11-17(6-7-19(18)37-9-5-2)38(35,36)33-13-15-10-16(33)12-30(15)3/h6-7,11,14-16,28H,4-5,8-10,12-13H2,1-3H3/t15-,16-/m0/s1. The second kappa shape index (κ2) is 9.61. The molecule has 0 aliphatic carbocycles. The first-order valence-corrected chi connectivity index (χ1v) is 15.4. The Bertz CT molecular complexity index is 1710. The fourth-order valence-electron chi connectivity index (χ4n) is 5.73. The monoisotopic (exact) mass is 651 g/mol. The van der Waals surface area contributed by atoms with Gasteiger partial charge < -0.3 is 14.6 Å². The van der Waals surface area contributed by atoms with Crippen LogP contribution in [0.5, 0.6) is 5.75 Å². The lowest BCUT2D eigenvalue weighted by atomic mass is 10.1. The van der Waals surface area contributed by atoms with Crippen LogP contribution in [0.4, 0.5) is 0 Å². The molecule has 13 heteroatoms. The van der Waals surface area contributed by atoms with E-state index in [1.807, 2.05) is 13.8 Å². The summed E-state index contributed by atoms with van der Waals surface area (Å²) in [6, 6.07) is 5.33. The van der Waals surface area contributed by atoms with Crippen LogP contribution in [0.15, 0.2) is 34.2 Å². The van der Waals surface area contributed by atoms with Gasteiger partial charge in [0.1, 0.15) is 17.6 Å². The lowest BCUT2D eigenvalue weighted by Gasteiger charge is -2.31. The zero-order valence-electron chi connectivity index (χ0n) is 21.5. The van der Waals surface area contributed by atoms with Crippen molar-refractivity contribution >= 4 is 49.3 Å². The van der Waals surface area contributed by atoms with E-state index >= 15 is 0 Å². The quantitative estimate of drug-likeness (QED) is 0.291. The molecule has 0 spiro atoms. The molecule has 202 valence electrons. The summed E-state index contributed by atoms with van der Waals surface area (Å²) in [6.45, 7) is 6.31. The molecule has 38 heavy (non-hydrogen) atoms. The van der Waals surface area contributed by atoms with Crippen molar-refractivity contribution in [1.82, 2.24) is 33.4 Å². The van der Waals surface area contributed by atoms with Crippen molar-refractivity contribution in [2.24, 2.45) is 0 Å². The van der Waals surface area contributed by atoms with Gasteiger partial charge in [-0.3, -0.25) is 4.57 Å². The number of H-pyrrole nitrogens is 1. The van der Waals surface area contributed by atoms with Gasteiger partial charge in [-0.1, -0.05) is 13.8 Å². The van der Waals surface area contributed by atoms with E-state index < -0.39 is 10.0 Å². The van der Waals surface area contributed by atoms with Gasteiger partial charge in [0.15, 0.2) is 5.65 Å². The second-order valence-electron chi connectivity index (χ2n) is 10.1. The summed E-state index contributed by atoms with van der Waals surface area (Å²) in [5.41, 5.74) is 2.93. The van der Waals surface area contributed by atoms with Gasteiger partial charge in [0.25, 0.3) is 0 Å². The maximum Gasteiger partial charge on any atom is 0.335 e. The predicted molar refractivity (Wildman–Crippen MR) is 152 cm³/mol. The van der Waals surface area contributed by atoms with Crippen LogP contribution in [0.3, 0.4) is 0 Å². The Labute approximate surface area is 234 Å². The first kappa shape index (κ1) is 25.8. The number of fused-ring (bicyclic) bond motifs is 5. The minimum Gasteiger partial charge on any atom is -0.493 e. The van der Waals surface area contributed by atoms with Gasteiger partial charge in [-0.25, -0.2) is 17.6 Å². The lowest BCUT2D eigenvalue weighted by molar-refractivity contribution is 0.216. The van der Waals surface area contributed by atoms with Crippen molar-refractivity contribution in [1.29, 1.82) is 0 Å². The number of aryl methyl sites for hydroxylation is 1. The molecule has 2 aliphatic heterocycles. The van der Waals surface area contributed by atoms with Crippen LogP contribution < -0.4 is 10.4 Å². The van der Waals surface area contributed by atoms with E-state index in [2.05, 4.69) is 49.7 Å². The van der Waals surface area contributed by atoms with Crippen molar-refractivity contribution in [2.45, 2.75) is 56.6 Å². The van der Waals surface area contributed by atoms with Crippen LogP contribution >= 0.6 is 22.6 Å². The number of aromatic amines is 1. The number of piperazine rings is 1. The van der Waals surface area contributed by atoms with Gasteiger partial charge in [0, 0.05) is 37.3 Å². The fourth-order valence-corrected chi connectivity index (χ4v) is 8.41. The van der Waals surface area contributed by atoms with Gasteiger partial charge in [-0.2, -0.15) is 4.31 Å². The summed E-state index contributed by atoms with van der Waals surface area (Å²) in [5.74, 6) is 0.583. The highest BCUT2D eigenvalue weighted by Crippen LogP contribution is 2.40. The number of sulfonamides is 1. The molecule has 0 radical (unpaired) electrons. The van der Waals surface area contributed by atoms with E-state index in [1.165, 1.54) is 10.7 Å². The molecule has 0 amide bonds. The van der Waals surface area contributed by atoms with Gasteiger partial charge in [0.05, 0.1) is 26.3 Å². The molecule has 2 atom stereocenters. The first-order chi connectivity index (χ1) is 18.3. The summed E-state index contributed by atoms with van der Waals surface area (Å²) in [6.07, 6.45) is 3.86. The SMILES string of the molecule is CCCOc1ccc(S(=O)(=O)N2C[C@@H]3C[C@H]2CN3C)cc1-c1[nH]c2c(c1I)n(CCC)c(=O)n1cnnc21. The van der Waals surface area contributed by atoms with Gasteiger partial charge in [0.2, 0.25) is 10.0 Å². The number of nitrogens with zero attached hydrogens (tertiary/aromatic N) is 6. The molecule has 1 N–H and O–H groups in total. The third-order valence-corrected chi connectivity index (χ3v) is 10.6. The number of benzene rings is 1. The maximum absolute atomic E-state index is 13.8. The van der Waals surface area contributed by atoms with Gasteiger partial charge >= 0.3 is 5.69 Å². The topological polar surface area (TPSA) is 118 Å². The third-order valence-electron chi connectivity index (χ3n) is 7.59. The van der Waals surface area contributed by atoms with Crippen molar-refractivity contribution in [3.05, 3.63) is 38.6 Å². The molecule has 1 aromatic carbocycles. The number of rotatable bonds is 8. The second-order valence-corrected chi connectivity index (χ2v) is 13.0. The highest BCUT2D eigenvalue weighted by molar-refractivity contribution is 14.1. The first-order valence-electron chi connectivity index (χ1n) is 12.9. The molecule has 4 aromatic rings. The molecule has 0 saturated carbocycles. The third kappa shape index (κ3) is 3.88. The Kier molecular flexibility index (Phi) is 6.52. The zero-order valence-corrected chi connectivity index (χ0v) is 24.5. The Hall–Kier alpha value is -2.49. The van der Waals surface area contributed by atoms with Crippen LogP contribution in [0.25, 0.3) is 27.9 Å². The Morgan fingerprint density at radius 3 is 2.68 bits per heavy atom. The van der Waals surface area contributed by atoms with Crippen LogP contribution in [-0.2, 0) is 16.6 Å². The number of aromatic nitrogens is 5. The van der Waals surface area contributed by atoms with Gasteiger partial charge in [-0.15, -0.1) is 10.2 Å². The van der Waals surface area contributed by atoms with Crippen LogP contribution in [0.2, 0.25) is 0 Å². The number of halogens is 1. The lowest BCUT2D eigenvalue weighted by Crippen LogP contribution is -2.47. The average molecular weight is 652 g/mol. The summed E-state index contributed by atoms with van der Waals surface area (Å²) in [4.78, 5) is 19.2. The van der Waals surface area contributed by atoms with Crippen LogP contribution in [0.1, 0.15) is 33.1 Å². The summed E-state index contributed by atoms with van der Waals surface area (Å²) in [7, 11) is -1.65. The van der Waals surface area contributed by atoms with Gasteiger partial charge in [-0.05, 0) is 67.1 Å². The highest BCUT2D eigenvalue weighted by Gasteiger charge is 2.47. The Morgan fingerprint density at radius 1 is 1.18 bits per heavy atom. The normalized spacial score (nSPS) is 20.3. The molecular formula is C25H30IN7O4S. The van der Waals surface area contributed by atoms with Crippen LogP contribution in [-0.4, -0.2) is 80.6 Å². The molecule has 11 nitrogen and oxygen atoms in total. The maximum atomic E-state index is 13.8. The number of hydrogen-bond donors (Lipinski definition) is 1. The van der Waals surface area contributed by atoms with Crippen molar-refractivity contribution < 1.29 is 13.2 Å². The van der Waals surface area contributed by atoms with E-state index in [0.717, 1.165) is 34.9 Å². The number of likely N-dealkylation sites (N-methyl/N-ethyl adjacent to an activating group) is 1. The molecule has 2 bridgehead atoms. The van der Waals surface area contributed by atoms with Crippen LogP contribution in [0, 0.1) is 3.57 Å². The average Bonchev–Trinajstić information content (AvgIpc) is 3.68. The van der Waals surface area contributed by atoms with Crippen molar-refractivity contribution in [2.75, 3.05) is 26.7 Å².